The van der Waals surface area contributed by atoms with Gasteiger partial charge in [-0.15, -0.1) is 0 Å². The lowest BCUT2D eigenvalue weighted by molar-refractivity contribution is 0.0730. The van der Waals surface area contributed by atoms with Crippen LogP contribution in [0.1, 0.15) is 42.1 Å². The van der Waals surface area contributed by atoms with Crippen LogP contribution in [-0.2, 0) is 14.8 Å². The van der Waals surface area contributed by atoms with Gasteiger partial charge in [-0.2, -0.15) is 4.31 Å². The number of benzene rings is 2. The van der Waals surface area contributed by atoms with Crippen LogP contribution < -0.4 is 5.32 Å². The number of hydrogen-bond donors (Lipinski definition) is 1. The molecule has 1 aliphatic rings. The van der Waals surface area contributed by atoms with E-state index in [9.17, 15) is 13.2 Å². The number of carbonyl (C=O) groups is 1. The molecule has 1 unspecified atom stereocenters. The van der Waals surface area contributed by atoms with E-state index >= 15 is 0 Å². The summed E-state index contributed by atoms with van der Waals surface area (Å²) in [6, 6.07) is 13.8. The van der Waals surface area contributed by atoms with Gasteiger partial charge in [0.15, 0.2) is 0 Å². The predicted octanol–water partition coefficient (Wildman–Crippen LogP) is 3.47. The third-order valence-electron chi connectivity index (χ3n) is 5.07. The van der Waals surface area contributed by atoms with Gasteiger partial charge in [0.1, 0.15) is 0 Å². The molecule has 1 fully saturated rings. The van der Waals surface area contributed by atoms with Crippen molar-refractivity contribution in [1.82, 2.24) is 4.31 Å². The molecule has 1 aliphatic heterocycles. The smallest absolute Gasteiger partial charge is 0.255 e. The van der Waals surface area contributed by atoms with Crippen LogP contribution in [0.3, 0.4) is 0 Å². The van der Waals surface area contributed by atoms with E-state index in [0.29, 0.717) is 43.5 Å². The number of sulfonamides is 1. The van der Waals surface area contributed by atoms with Crippen molar-refractivity contribution in [2.75, 3.05) is 31.6 Å². The van der Waals surface area contributed by atoms with Crippen LogP contribution in [-0.4, -0.2) is 44.9 Å². The van der Waals surface area contributed by atoms with Crippen LogP contribution in [0.4, 0.5) is 5.69 Å². The number of morpholine rings is 1. The van der Waals surface area contributed by atoms with Crippen molar-refractivity contribution in [3.05, 3.63) is 59.7 Å². The quantitative estimate of drug-likeness (QED) is 0.803. The lowest BCUT2D eigenvalue weighted by Crippen LogP contribution is -2.40. The Morgan fingerprint density at radius 1 is 1.07 bits per heavy atom. The SMILES string of the molecule is CCC(C)c1ccc(NC(=O)c2ccc(S(=O)(=O)N3CCOCC3)cc2)cc1. The first-order valence-corrected chi connectivity index (χ1v) is 10.9. The second-order valence-corrected chi connectivity index (χ2v) is 8.86. The molecule has 0 saturated carbocycles. The van der Waals surface area contributed by atoms with E-state index < -0.39 is 10.0 Å². The Labute approximate surface area is 166 Å². The topological polar surface area (TPSA) is 75.7 Å². The molecule has 1 saturated heterocycles. The second kappa shape index (κ2) is 8.86. The van der Waals surface area contributed by atoms with Crippen molar-refractivity contribution >= 4 is 21.6 Å². The van der Waals surface area contributed by atoms with Crippen LogP contribution >= 0.6 is 0 Å². The average Bonchev–Trinajstić information content (AvgIpc) is 2.74. The summed E-state index contributed by atoms with van der Waals surface area (Å²) >= 11 is 0. The molecule has 2 aromatic carbocycles. The van der Waals surface area contributed by atoms with Crippen LogP contribution in [0.5, 0.6) is 0 Å². The van der Waals surface area contributed by atoms with Gasteiger partial charge in [0.2, 0.25) is 10.0 Å². The maximum atomic E-state index is 12.6. The summed E-state index contributed by atoms with van der Waals surface area (Å²) in [5.74, 6) is 0.206. The minimum atomic E-state index is -3.56. The van der Waals surface area contributed by atoms with Crippen LogP contribution in [0.25, 0.3) is 0 Å². The molecule has 0 spiro atoms. The standard InChI is InChI=1S/C21H26N2O4S/c1-3-16(2)17-4-8-19(9-5-17)22-21(24)18-6-10-20(11-7-18)28(25,26)23-12-14-27-15-13-23/h4-11,16H,3,12-15H2,1-2H3,(H,22,24). The minimum Gasteiger partial charge on any atom is -0.379 e. The van der Waals surface area contributed by atoms with Gasteiger partial charge in [0.05, 0.1) is 18.1 Å². The average molecular weight is 403 g/mol. The minimum absolute atomic E-state index is 0.184. The van der Waals surface area contributed by atoms with E-state index in [1.807, 2.05) is 24.3 Å². The number of amides is 1. The van der Waals surface area contributed by atoms with E-state index in [1.165, 1.54) is 34.1 Å². The first-order chi connectivity index (χ1) is 13.4. The van der Waals surface area contributed by atoms with Crippen LogP contribution in [0.15, 0.2) is 53.4 Å². The number of nitrogens with one attached hydrogen (secondary N) is 1. The molecule has 28 heavy (non-hydrogen) atoms. The Kier molecular flexibility index (Phi) is 6.49. The van der Waals surface area contributed by atoms with E-state index in [1.54, 1.807) is 0 Å². The van der Waals surface area contributed by atoms with Crippen molar-refractivity contribution in [2.45, 2.75) is 31.1 Å². The summed E-state index contributed by atoms with van der Waals surface area (Å²) in [5.41, 5.74) is 2.35. The van der Waals surface area contributed by atoms with Gasteiger partial charge in [0.25, 0.3) is 5.91 Å². The number of ether oxygens (including phenoxy) is 1. The number of hydrogen-bond acceptors (Lipinski definition) is 4. The molecular weight excluding hydrogens is 376 g/mol. The monoisotopic (exact) mass is 402 g/mol. The first-order valence-electron chi connectivity index (χ1n) is 9.51. The zero-order valence-electron chi connectivity index (χ0n) is 16.2. The largest absolute Gasteiger partial charge is 0.379 e. The Morgan fingerprint density at radius 2 is 1.68 bits per heavy atom. The lowest BCUT2D eigenvalue weighted by atomic mass is 9.98. The van der Waals surface area contributed by atoms with Gasteiger partial charge >= 0.3 is 0 Å². The highest BCUT2D eigenvalue weighted by atomic mass is 32.2. The number of anilines is 1. The molecule has 3 rings (SSSR count). The van der Waals surface area contributed by atoms with E-state index in [-0.39, 0.29) is 10.8 Å². The summed E-state index contributed by atoms with van der Waals surface area (Å²) in [6.07, 6.45) is 1.06. The third kappa shape index (κ3) is 4.60. The maximum absolute atomic E-state index is 12.6. The van der Waals surface area contributed by atoms with Crippen molar-refractivity contribution in [3.8, 4) is 0 Å². The van der Waals surface area contributed by atoms with Gasteiger partial charge in [-0.3, -0.25) is 4.79 Å². The van der Waals surface area contributed by atoms with Crippen LogP contribution in [0.2, 0.25) is 0 Å². The van der Waals surface area contributed by atoms with Gasteiger partial charge in [-0.25, -0.2) is 8.42 Å². The fraction of sp³-hybridized carbons (Fsp3) is 0.381. The lowest BCUT2D eigenvalue weighted by Gasteiger charge is -2.26. The van der Waals surface area contributed by atoms with E-state index in [2.05, 4.69) is 19.2 Å². The van der Waals surface area contributed by atoms with Gasteiger partial charge < -0.3 is 10.1 Å². The molecule has 0 aliphatic carbocycles. The molecule has 0 aromatic heterocycles. The summed E-state index contributed by atoms with van der Waals surface area (Å²) in [7, 11) is -3.56. The maximum Gasteiger partial charge on any atom is 0.255 e. The molecular formula is C21H26N2O4S. The Morgan fingerprint density at radius 3 is 2.25 bits per heavy atom. The van der Waals surface area contributed by atoms with E-state index in [0.717, 1.165) is 6.42 Å². The zero-order chi connectivity index (χ0) is 20.1. The highest BCUT2D eigenvalue weighted by Gasteiger charge is 2.26. The van der Waals surface area contributed by atoms with Gasteiger partial charge in [-0.1, -0.05) is 26.0 Å². The molecule has 0 radical (unpaired) electrons. The number of nitrogens with zero attached hydrogens (tertiary/aromatic N) is 1. The third-order valence-corrected chi connectivity index (χ3v) is 6.99. The summed E-state index contributed by atoms with van der Waals surface area (Å²) in [4.78, 5) is 12.6. The predicted molar refractivity (Wildman–Crippen MR) is 109 cm³/mol. The molecule has 1 amide bonds. The summed E-state index contributed by atoms with van der Waals surface area (Å²) in [5, 5.41) is 2.85. The summed E-state index contributed by atoms with van der Waals surface area (Å²) < 4.78 is 31.9. The Bertz CT molecular complexity index is 902. The van der Waals surface area contributed by atoms with Gasteiger partial charge in [-0.05, 0) is 54.3 Å². The van der Waals surface area contributed by atoms with Crippen LogP contribution in [0, 0.1) is 0 Å². The van der Waals surface area contributed by atoms with Crippen molar-refractivity contribution in [3.63, 3.8) is 0 Å². The highest BCUT2D eigenvalue weighted by molar-refractivity contribution is 7.89. The molecule has 1 heterocycles. The van der Waals surface area contributed by atoms with Crippen molar-refractivity contribution < 1.29 is 17.9 Å². The molecule has 6 nitrogen and oxygen atoms in total. The van der Waals surface area contributed by atoms with Crippen molar-refractivity contribution in [2.24, 2.45) is 0 Å². The fourth-order valence-corrected chi connectivity index (χ4v) is 4.46. The molecule has 0 bridgehead atoms. The Balaban J connectivity index is 1.68. The fourth-order valence-electron chi connectivity index (χ4n) is 3.05. The van der Waals surface area contributed by atoms with Crippen molar-refractivity contribution in [1.29, 1.82) is 0 Å². The first kappa shape index (κ1) is 20.5. The zero-order valence-corrected chi connectivity index (χ0v) is 17.0. The second-order valence-electron chi connectivity index (χ2n) is 6.93. The van der Waals surface area contributed by atoms with E-state index in [4.69, 9.17) is 4.74 Å². The molecule has 2 aromatic rings. The van der Waals surface area contributed by atoms with Gasteiger partial charge in [0, 0.05) is 24.3 Å². The molecule has 7 heteroatoms. The summed E-state index contributed by atoms with van der Waals surface area (Å²) in [6.45, 7) is 5.79. The highest BCUT2D eigenvalue weighted by Crippen LogP contribution is 2.21. The normalized spacial score (nSPS) is 16.5. The molecule has 150 valence electrons. The molecule has 1 atom stereocenters. The number of carbonyl (C=O) groups excluding carboxylic acids is 1. The molecule has 1 N–H and O–H groups in total. The Hall–Kier alpha value is -2.22. The number of rotatable bonds is 6.